The van der Waals surface area contributed by atoms with Gasteiger partial charge in [0.1, 0.15) is 0 Å². The van der Waals surface area contributed by atoms with Gasteiger partial charge in [0.05, 0.1) is 18.1 Å². The summed E-state index contributed by atoms with van der Waals surface area (Å²) in [6.07, 6.45) is 3.67. The van der Waals surface area contributed by atoms with Gasteiger partial charge in [-0.05, 0) is 26.0 Å². The number of hydrogen-bond acceptors (Lipinski definition) is 10. The molecule has 12 heteroatoms. The van der Waals surface area contributed by atoms with Gasteiger partial charge in [0.25, 0.3) is 5.88 Å². The predicted molar refractivity (Wildman–Crippen MR) is 155 cm³/mol. The normalized spacial score (nSPS) is 13.2. The Balaban J connectivity index is 1.50. The Morgan fingerprint density at radius 1 is 0.923 bits per heavy atom. The standard InChI is InChI=1S/C27H36N10O2/c1-6-14-34(8-3)24-31-25(35(9-4)15-7-2)33-26(32-24)36-16-18-37(19-17-36)27(38)30-22-23(39-5)29-21-13-11-10-12-20(21)28-22/h6-7,10-13H,1-2,8-9,14-19H2,3-5H3,(H,28,30,38). The maximum Gasteiger partial charge on any atom is 0.323 e. The van der Waals surface area contributed by atoms with Crippen LogP contribution >= 0.6 is 0 Å². The first-order chi connectivity index (χ1) is 19.0. The van der Waals surface area contributed by atoms with E-state index in [0.29, 0.717) is 74.0 Å². The third-order valence-corrected chi connectivity index (χ3v) is 6.44. The second-order valence-electron chi connectivity index (χ2n) is 8.86. The summed E-state index contributed by atoms with van der Waals surface area (Å²) in [7, 11) is 1.51. The van der Waals surface area contributed by atoms with Gasteiger partial charge < -0.3 is 24.3 Å². The SMILES string of the molecule is C=CCN(CC)c1nc(N(CC)CC=C)nc(N2CCN(C(=O)Nc3nc4ccccc4nc3OC)CC2)n1. The lowest BCUT2D eigenvalue weighted by atomic mass is 10.3. The second kappa shape index (κ2) is 12.9. The quantitative estimate of drug-likeness (QED) is 0.369. The summed E-state index contributed by atoms with van der Waals surface area (Å²) in [5.41, 5.74) is 1.37. The van der Waals surface area contributed by atoms with Gasteiger partial charge >= 0.3 is 6.03 Å². The zero-order valence-corrected chi connectivity index (χ0v) is 22.9. The Morgan fingerprint density at radius 3 is 2.00 bits per heavy atom. The average Bonchev–Trinajstić information content (AvgIpc) is 2.98. The molecule has 1 N–H and O–H groups in total. The lowest BCUT2D eigenvalue weighted by Gasteiger charge is -2.35. The predicted octanol–water partition coefficient (Wildman–Crippen LogP) is 3.20. The molecule has 0 saturated carbocycles. The third-order valence-electron chi connectivity index (χ3n) is 6.44. The lowest BCUT2D eigenvalue weighted by molar-refractivity contribution is 0.207. The van der Waals surface area contributed by atoms with Gasteiger partial charge in [-0.15, -0.1) is 13.2 Å². The van der Waals surface area contributed by atoms with E-state index < -0.39 is 0 Å². The van der Waals surface area contributed by atoms with Crippen molar-refractivity contribution in [3.05, 3.63) is 49.6 Å². The van der Waals surface area contributed by atoms with E-state index in [9.17, 15) is 4.79 Å². The number of amides is 2. The zero-order chi connectivity index (χ0) is 27.8. The van der Waals surface area contributed by atoms with Crippen LogP contribution in [0.15, 0.2) is 49.6 Å². The molecule has 1 saturated heterocycles. The Kier molecular flexibility index (Phi) is 9.08. The van der Waals surface area contributed by atoms with Gasteiger partial charge in [-0.1, -0.05) is 24.3 Å². The molecule has 12 nitrogen and oxygen atoms in total. The highest BCUT2D eigenvalue weighted by Crippen LogP contribution is 2.24. The minimum absolute atomic E-state index is 0.263. The van der Waals surface area contributed by atoms with Crippen molar-refractivity contribution in [1.29, 1.82) is 0 Å². The van der Waals surface area contributed by atoms with E-state index >= 15 is 0 Å². The fourth-order valence-electron chi connectivity index (χ4n) is 4.28. The summed E-state index contributed by atoms with van der Waals surface area (Å²) in [6, 6.07) is 7.19. The molecular weight excluding hydrogens is 496 g/mol. The number of carbonyl (C=O) groups excluding carboxylic acids is 1. The Hall–Kier alpha value is -4.48. The number of rotatable bonds is 11. The average molecular weight is 533 g/mol. The first-order valence-corrected chi connectivity index (χ1v) is 13.1. The monoisotopic (exact) mass is 532 g/mol. The van der Waals surface area contributed by atoms with Crippen LogP contribution in [0.5, 0.6) is 5.88 Å². The molecule has 0 bridgehead atoms. The molecular formula is C27H36N10O2. The number of methoxy groups -OCH3 is 1. The molecule has 2 aromatic heterocycles. The molecule has 2 amide bonds. The van der Waals surface area contributed by atoms with Crippen LogP contribution in [0.1, 0.15) is 13.8 Å². The van der Waals surface area contributed by atoms with Crippen molar-refractivity contribution in [1.82, 2.24) is 29.8 Å². The lowest BCUT2D eigenvalue weighted by Crippen LogP contribution is -2.50. The van der Waals surface area contributed by atoms with Crippen LogP contribution in [0.4, 0.5) is 28.5 Å². The highest BCUT2D eigenvalue weighted by molar-refractivity contribution is 5.91. The number of nitrogens with one attached hydrogen (secondary N) is 1. The molecule has 206 valence electrons. The van der Waals surface area contributed by atoms with Gasteiger partial charge in [0, 0.05) is 52.4 Å². The van der Waals surface area contributed by atoms with Gasteiger partial charge in [-0.2, -0.15) is 15.0 Å². The van der Waals surface area contributed by atoms with Crippen LogP contribution in [0.25, 0.3) is 11.0 Å². The number of benzene rings is 1. The van der Waals surface area contributed by atoms with Crippen LogP contribution in [0.2, 0.25) is 0 Å². The van der Waals surface area contributed by atoms with E-state index in [4.69, 9.17) is 19.7 Å². The number of likely N-dealkylation sites (N-methyl/N-ethyl adjacent to an activating group) is 2. The van der Waals surface area contributed by atoms with Crippen molar-refractivity contribution in [3.63, 3.8) is 0 Å². The van der Waals surface area contributed by atoms with Crippen LogP contribution in [0, 0.1) is 0 Å². The molecule has 39 heavy (non-hydrogen) atoms. The van der Waals surface area contributed by atoms with E-state index in [-0.39, 0.29) is 11.9 Å². The highest BCUT2D eigenvalue weighted by atomic mass is 16.5. The zero-order valence-electron chi connectivity index (χ0n) is 22.9. The molecule has 1 fully saturated rings. The van der Waals surface area contributed by atoms with E-state index in [2.05, 4.69) is 47.2 Å². The summed E-state index contributed by atoms with van der Waals surface area (Å²) < 4.78 is 5.37. The number of nitrogens with zero attached hydrogens (tertiary/aromatic N) is 9. The Morgan fingerprint density at radius 2 is 1.49 bits per heavy atom. The smallest absolute Gasteiger partial charge is 0.323 e. The van der Waals surface area contributed by atoms with E-state index in [1.165, 1.54) is 7.11 Å². The number of aromatic nitrogens is 5. The molecule has 0 radical (unpaired) electrons. The maximum atomic E-state index is 13.1. The fourth-order valence-corrected chi connectivity index (χ4v) is 4.28. The molecule has 1 aromatic carbocycles. The molecule has 3 heterocycles. The van der Waals surface area contributed by atoms with E-state index in [1.807, 2.05) is 46.2 Å². The number of fused-ring (bicyclic) bond motifs is 1. The number of anilines is 4. The topological polar surface area (TPSA) is 116 Å². The third kappa shape index (κ3) is 6.33. The fraction of sp³-hybridized carbons (Fsp3) is 0.407. The minimum Gasteiger partial charge on any atom is -0.478 e. The van der Waals surface area contributed by atoms with E-state index in [1.54, 1.807) is 4.90 Å². The number of carbonyl (C=O) groups is 1. The molecule has 4 rings (SSSR count). The van der Waals surface area contributed by atoms with Crippen LogP contribution in [-0.4, -0.2) is 95.3 Å². The van der Waals surface area contributed by atoms with Crippen molar-refractivity contribution in [2.75, 3.05) is 79.5 Å². The summed E-state index contributed by atoms with van der Waals surface area (Å²) in [5, 5.41) is 2.87. The van der Waals surface area contributed by atoms with Crippen LogP contribution in [-0.2, 0) is 0 Å². The first kappa shape index (κ1) is 27.6. The maximum absolute atomic E-state index is 13.1. The first-order valence-electron chi connectivity index (χ1n) is 13.1. The van der Waals surface area contributed by atoms with Gasteiger partial charge in [-0.3, -0.25) is 5.32 Å². The van der Waals surface area contributed by atoms with Crippen LogP contribution in [0.3, 0.4) is 0 Å². The number of ether oxygens (including phenoxy) is 1. The highest BCUT2D eigenvalue weighted by Gasteiger charge is 2.26. The number of piperazine rings is 1. The van der Waals surface area contributed by atoms with Crippen molar-refractivity contribution in [2.45, 2.75) is 13.8 Å². The molecule has 0 spiro atoms. The number of urea groups is 1. The van der Waals surface area contributed by atoms with E-state index in [0.717, 1.165) is 13.1 Å². The molecule has 3 aromatic rings. The molecule has 1 aliphatic rings. The van der Waals surface area contributed by atoms with Crippen molar-refractivity contribution >= 4 is 40.7 Å². The molecule has 0 aliphatic carbocycles. The van der Waals surface area contributed by atoms with Crippen molar-refractivity contribution in [2.24, 2.45) is 0 Å². The summed E-state index contributed by atoms with van der Waals surface area (Å²) in [5.74, 6) is 2.34. The summed E-state index contributed by atoms with van der Waals surface area (Å²) in [4.78, 5) is 44.4. The Bertz CT molecular complexity index is 1270. The number of para-hydroxylation sites is 2. The number of hydrogen-bond donors (Lipinski definition) is 1. The summed E-state index contributed by atoms with van der Waals surface area (Å²) >= 11 is 0. The minimum atomic E-state index is -0.263. The molecule has 1 aliphatic heterocycles. The molecule has 0 atom stereocenters. The van der Waals surface area contributed by atoms with Gasteiger partial charge in [-0.25, -0.2) is 14.8 Å². The van der Waals surface area contributed by atoms with Crippen molar-refractivity contribution < 1.29 is 9.53 Å². The summed E-state index contributed by atoms with van der Waals surface area (Å²) in [6.45, 7) is 16.7. The molecule has 0 unspecified atom stereocenters. The van der Waals surface area contributed by atoms with Gasteiger partial charge in [0.15, 0.2) is 5.82 Å². The second-order valence-corrected chi connectivity index (χ2v) is 8.86. The van der Waals surface area contributed by atoms with Crippen molar-refractivity contribution in [3.8, 4) is 5.88 Å². The Labute approximate surface area is 229 Å². The van der Waals surface area contributed by atoms with Gasteiger partial charge in [0.2, 0.25) is 17.8 Å². The largest absolute Gasteiger partial charge is 0.478 e. The van der Waals surface area contributed by atoms with Crippen LogP contribution < -0.4 is 24.8 Å².